The molecule has 2 aromatic rings. The molecule has 0 bridgehead atoms. The van der Waals surface area contributed by atoms with Gasteiger partial charge in [0.15, 0.2) is 0 Å². The molecular formula is C15H16N2OS. The van der Waals surface area contributed by atoms with Crippen LogP contribution in [0, 0.1) is 0 Å². The van der Waals surface area contributed by atoms with Gasteiger partial charge in [-0.3, -0.25) is 4.79 Å². The maximum atomic E-state index is 11.6. The first-order valence-electron chi connectivity index (χ1n) is 6.21. The van der Waals surface area contributed by atoms with Crippen LogP contribution in [-0.4, -0.2) is 12.1 Å². The van der Waals surface area contributed by atoms with Gasteiger partial charge in [0, 0.05) is 4.88 Å². The SMILES string of the molecule is CCc1ccc(/C=N/NC(=O)Cc2cccs2)cc1. The number of benzene rings is 1. The minimum absolute atomic E-state index is 0.0936. The number of nitrogens with one attached hydrogen (secondary N) is 1. The maximum Gasteiger partial charge on any atom is 0.245 e. The first-order chi connectivity index (χ1) is 9.28. The molecular weight excluding hydrogens is 256 g/mol. The quantitative estimate of drug-likeness (QED) is 0.660. The van der Waals surface area contributed by atoms with Gasteiger partial charge in [0.25, 0.3) is 0 Å². The van der Waals surface area contributed by atoms with Crippen LogP contribution in [0.1, 0.15) is 22.9 Å². The fourth-order valence-electron chi connectivity index (χ4n) is 1.63. The van der Waals surface area contributed by atoms with Gasteiger partial charge < -0.3 is 0 Å². The second-order valence-electron chi connectivity index (χ2n) is 4.14. The van der Waals surface area contributed by atoms with Gasteiger partial charge in [0.1, 0.15) is 0 Å². The van der Waals surface area contributed by atoms with Gasteiger partial charge in [0.05, 0.1) is 12.6 Å². The van der Waals surface area contributed by atoms with E-state index < -0.39 is 0 Å². The fraction of sp³-hybridized carbons (Fsp3) is 0.200. The van der Waals surface area contributed by atoms with Crippen LogP contribution in [-0.2, 0) is 17.6 Å². The van der Waals surface area contributed by atoms with Crippen LogP contribution in [0.5, 0.6) is 0 Å². The van der Waals surface area contributed by atoms with Crippen molar-refractivity contribution in [3.63, 3.8) is 0 Å². The summed E-state index contributed by atoms with van der Waals surface area (Å²) in [5.74, 6) is -0.0936. The largest absolute Gasteiger partial charge is 0.273 e. The van der Waals surface area contributed by atoms with E-state index in [1.807, 2.05) is 29.6 Å². The normalized spacial score (nSPS) is 10.8. The fourth-order valence-corrected chi connectivity index (χ4v) is 2.33. The van der Waals surface area contributed by atoms with Crippen LogP contribution >= 0.6 is 11.3 Å². The van der Waals surface area contributed by atoms with E-state index >= 15 is 0 Å². The minimum atomic E-state index is -0.0936. The molecule has 0 saturated heterocycles. The highest BCUT2D eigenvalue weighted by atomic mass is 32.1. The predicted molar refractivity (Wildman–Crippen MR) is 79.6 cm³/mol. The molecule has 1 N–H and O–H groups in total. The third kappa shape index (κ3) is 4.34. The van der Waals surface area contributed by atoms with E-state index in [9.17, 15) is 4.79 Å². The highest BCUT2D eigenvalue weighted by molar-refractivity contribution is 7.10. The van der Waals surface area contributed by atoms with Crippen molar-refractivity contribution in [1.82, 2.24) is 5.43 Å². The number of hydrogen-bond donors (Lipinski definition) is 1. The summed E-state index contributed by atoms with van der Waals surface area (Å²) in [5, 5.41) is 5.92. The first-order valence-corrected chi connectivity index (χ1v) is 7.09. The molecule has 1 amide bonds. The van der Waals surface area contributed by atoms with Gasteiger partial charge in [-0.15, -0.1) is 11.3 Å². The second kappa shape index (κ2) is 6.85. The minimum Gasteiger partial charge on any atom is -0.273 e. The van der Waals surface area contributed by atoms with Crippen LogP contribution in [0.3, 0.4) is 0 Å². The zero-order valence-electron chi connectivity index (χ0n) is 10.8. The molecule has 0 fully saturated rings. The Kier molecular flexibility index (Phi) is 4.86. The number of aryl methyl sites for hydroxylation is 1. The monoisotopic (exact) mass is 272 g/mol. The third-order valence-electron chi connectivity index (χ3n) is 2.71. The van der Waals surface area contributed by atoms with E-state index in [0.717, 1.165) is 16.9 Å². The molecule has 0 aliphatic carbocycles. The van der Waals surface area contributed by atoms with Crippen molar-refractivity contribution in [2.24, 2.45) is 5.10 Å². The predicted octanol–water partition coefficient (Wildman–Crippen LogP) is 3.00. The number of nitrogens with zero attached hydrogens (tertiary/aromatic N) is 1. The molecule has 0 saturated carbocycles. The molecule has 1 aromatic heterocycles. The number of rotatable bonds is 5. The summed E-state index contributed by atoms with van der Waals surface area (Å²) in [6, 6.07) is 12.0. The van der Waals surface area contributed by atoms with Gasteiger partial charge in [-0.25, -0.2) is 5.43 Å². The van der Waals surface area contributed by atoms with E-state index in [0.29, 0.717) is 6.42 Å². The molecule has 0 aliphatic rings. The number of carbonyl (C=O) groups is 1. The van der Waals surface area contributed by atoms with E-state index in [1.54, 1.807) is 17.6 Å². The number of amides is 1. The van der Waals surface area contributed by atoms with Crippen LogP contribution in [0.15, 0.2) is 46.9 Å². The van der Waals surface area contributed by atoms with Gasteiger partial charge in [-0.1, -0.05) is 37.3 Å². The highest BCUT2D eigenvalue weighted by Crippen LogP contribution is 2.08. The Balaban J connectivity index is 1.83. The lowest BCUT2D eigenvalue weighted by Crippen LogP contribution is -2.19. The molecule has 2 rings (SSSR count). The Labute approximate surface area is 117 Å². The molecule has 4 heteroatoms. The number of thiophene rings is 1. The summed E-state index contributed by atoms with van der Waals surface area (Å²) in [6.45, 7) is 2.12. The Bertz CT molecular complexity index is 544. The molecule has 1 heterocycles. The molecule has 0 atom stereocenters. The Morgan fingerprint density at radius 1 is 1.32 bits per heavy atom. The summed E-state index contributed by atoms with van der Waals surface area (Å²) in [7, 11) is 0. The third-order valence-corrected chi connectivity index (χ3v) is 3.58. The highest BCUT2D eigenvalue weighted by Gasteiger charge is 2.01. The summed E-state index contributed by atoms with van der Waals surface area (Å²) in [4.78, 5) is 12.6. The van der Waals surface area contributed by atoms with Crippen LogP contribution in [0.2, 0.25) is 0 Å². The lowest BCUT2D eigenvalue weighted by Gasteiger charge is -1.98. The Morgan fingerprint density at radius 3 is 2.74 bits per heavy atom. The molecule has 3 nitrogen and oxygen atoms in total. The first kappa shape index (κ1) is 13.5. The topological polar surface area (TPSA) is 41.5 Å². The van der Waals surface area contributed by atoms with Crippen molar-refractivity contribution in [2.45, 2.75) is 19.8 Å². The van der Waals surface area contributed by atoms with Crippen molar-refractivity contribution < 1.29 is 4.79 Å². The van der Waals surface area contributed by atoms with Gasteiger partial charge in [-0.05, 0) is 29.0 Å². The lowest BCUT2D eigenvalue weighted by molar-refractivity contribution is -0.120. The lowest BCUT2D eigenvalue weighted by atomic mass is 10.1. The molecule has 0 aliphatic heterocycles. The molecule has 19 heavy (non-hydrogen) atoms. The molecule has 0 radical (unpaired) electrons. The van der Waals surface area contributed by atoms with Crippen molar-refractivity contribution >= 4 is 23.5 Å². The van der Waals surface area contributed by atoms with E-state index in [2.05, 4.69) is 29.6 Å². The van der Waals surface area contributed by atoms with E-state index in [-0.39, 0.29) is 5.91 Å². The number of hydrogen-bond acceptors (Lipinski definition) is 3. The molecule has 1 aromatic carbocycles. The van der Waals surface area contributed by atoms with E-state index in [1.165, 1.54) is 5.56 Å². The summed E-state index contributed by atoms with van der Waals surface area (Å²) in [6.07, 6.45) is 3.06. The average molecular weight is 272 g/mol. The summed E-state index contributed by atoms with van der Waals surface area (Å²) < 4.78 is 0. The average Bonchev–Trinajstić information content (AvgIpc) is 2.92. The summed E-state index contributed by atoms with van der Waals surface area (Å²) >= 11 is 1.57. The molecule has 98 valence electrons. The molecule has 0 spiro atoms. The standard InChI is InChI=1S/C15H16N2OS/c1-2-12-5-7-13(8-6-12)11-16-17-15(18)10-14-4-3-9-19-14/h3-9,11H,2,10H2,1H3,(H,17,18)/b16-11+. The Morgan fingerprint density at radius 2 is 2.11 bits per heavy atom. The van der Waals surface area contributed by atoms with Crippen molar-refractivity contribution in [3.05, 3.63) is 57.8 Å². The van der Waals surface area contributed by atoms with Gasteiger partial charge >= 0.3 is 0 Å². The number of carbonyl (C=O) groups excluding carboxylic acids is 1. The van der Waals surface area contributed by atoms with E-state index in [4.69, 9.17) is 0 Å². The van der Waals surface area contributed by atoms with Crippen LogP contribution in [0.4, 0.5) is 0 Å². The number of hydrazone groups is 1. The maximum absolute atomic E-state index is 11.6. The smallest absolute Gasteiger partial charge is 0.245 e. The van der Waals surface area contributed by atoms with Crippen molar-refractivity contribution in [2.75, 3.05) is 0 Å². The molecule has 0 unspecified atom stereocenters. The van der Waals surface area contributed by atoms with Crippen LogP contribution in [0.25, 0.3) is 0 Å². The second-order valence-corrected chi connectivity index (χ2v) is 5.18. The zero-order valence-corrected chi connectivity index (χ0v) is 11.6. The van der Waals surface area contributed by atoms with Gasteiger partial charge in [0.2, 0.25) is 5.91 Å². The van der Waals surface area contributed by atoms with Crippen LogP contribution < -0.4 is 5.43 Å². The van der Waals surface area contributed by atoms with Crippen molar-refractivity contribution in [1.29, 1.82) is 0 Å². The summed E-state index contributed by atoms with van der Waals surface area (Å²) in [5.41, 5.74) is 4.81. The van der Waals surface area contributed by atoms with Gasteiger partial charge in [-0.2, -0.15) is 5.10 Å². The Hall–Kier alpha value is -1.94. The van der Waals surface area contributed by atoms with Crippen molar-refractivity contribution in [3.8, 4) is 0 Å². The zero-order chi connectivity index (χ0) is 13.5.